The van der Waals surface area contributed by atoms with Crippen molar-refractivity contribution in [3.05, 3.63) is 35.9 Å². The first-order valence-electron chi connectivity index (χ1n) is 5.17. The molecule has 0 spiro atoms. The van der Waals surface area contributed by atoms with E-state index in [0.29, 0.717) is 6.61 Å². The van der Waals surface area contributed by atoms with Crippen LogP contribution >= 0.6 is 0 Å². The molecule has 0 radical (unpaired) electrons. The van der Waals surface area contributed by atoms with Crippen molar-refractivity contribution in [2.45, 2.75) is 25.3 Å². The summed E-state index contributed by atoms with van der Waals surface area (Å²) in [5, 5.41) is 2.84. The maximum atomic E-state index is 10.9. The van der Waals surface area contributed by atoms with Crippen LogP contribution in [-0.2, 0) is 11.2 Å². The number of hydrogen-bond donors (Lipinski definition) is 1. The average Bonchev–Trinajstić information content (AvgIpc) is 2.58. The van der Waals surface area contributed by atoms with Gasteiger partial charge in [-0.15, -0.1) is 0 Å². The van der Waals surface area contributed by atoms with Crippen LogP contribution in [0, 0.1) is 0 Å². The number of aryl methyl sites for hydroxylation is 1. The topological polar surface area (TPSA) is 38.3 Å². The lowest BCUT2D eigenvalue weighted by Gasteiger charge is -2.20. The largest absolute Gasteiger partial charge is 0.447 e. The summed E-state index contributed by atoms with van der Waals surface area (Å²) in [6.45, 7) is 2.49. The summed E-state index contributed by atoms with van der Waals surface area (Å²) >= 11 is 0. The Morgan fingerprint density at radius 1 is 1.40 bits per heavy atom. The van der Waals surface area contributed by atoms with E-state index in [1.807, 2.05) is 25.1 Å². The quantitative estimate of drug-likeness (QED) is 0.820. The van der Waals surface area contributed by atoms with Gasteiger partial charge in [0, 0.05) is 0 Å². The lowest BCUT2D eigenvalue weighted by molar-refractivity contribution is 0.172. The van der Waals surface area contributed by atoms with Gasteiger partial charge in [0.05, 0.1) is 5.54 Å². The molecule has 15 heavy (non-hydrogen) atoms. The predicted molar refractivity (Wildman–Crippen MR) is 57.7 cm³/mol. The highest BCUT2D eigenvalue weighted by atomic mass is 16.6. The molecule has 3 heteroatoms. The first-order valence-corrected chi connectivity index (χ1v) is 5.17. The summed E-state index contributed by atoms with van der Waals surface area (Å²) in [5.74, 6) is 0. The van der Waals surface area contributed by atoms with Crippen LogP contribution in [0.2, 0.25) is 0 Å². The number of ether oxygens (including phenoxy) is 1. The number of alkyl carbamates (subject to hydrolysis) is 1. The Morgan fingerprint density at radius 3 is 2.73 bits per heavy atom. The monoisotopic (exact) mass is 205 g/mol. The van der Waals surface area contributed by atoms with Gasteiger partial charge >= 0.3 is 6.09 Å². The molecule has 1 aromatic carbocycles. The first kappa shape index (κ1) is 10.0. The van der Waals surface area contributed by atoms with Crippen molar-refractivity contribution in [2.75, 3.05) is 6.61 Å². The summed E-state index contributed by atoms with van der Waals surface area (Å²) in [7, 11) is 0. The molecule has 0 aliphatic carbocycles. The van der Waals surface area contributed by atoms with Crippen molar-refractivity contribution in [1.82, 2.24) is 5.32 Å². The summed E-state index contributed by atoms with van der Waals surface area (Å²) in [6.07, 6.45) is 1.56. The van der Waals surface area contributed by atoms with Crippen LogP contribution in [0.1, 0.15) is 18.9 Å². The molecule has 2 rings (SSSR count). The Kier molecular flexibility index (Phi) is 2.62. The lowest BCUT2D eigenvalue weighted by atomic mass is 9.95. The number of cyclic esters (lactones) is 1. The van der Waals surface area contributed by atoms with Gasteiger partial charge in [0.2, 0.25) is 0 Å². The van der Waals surface area contributed by atoms with E-state index >= 15 is 0 Å². The van der Waals surface area contributed by atoms with Crippen LogP contribution in [0.25, 0.3) is 0 Å². The molecule has 1 heterocycles. The van der Waals surface area contributed by atoms with Crippen molar-refractivity contribution in [1.29, 1.82) is 0 Å². The zero-order valence-electron chi connectivity index (χ0n) is 8.82. The van der Waals surface area contributed by atoms with E-state index in [4.69, 9.17) is 4.74 Å². The van der Waals surface area contributed by atoms with Gasteiger partial charge in [-0.25, -0.2) is 4.79 Å². The van der Waals surface area contributed by atoms with Gasteiger partial charge in [0.1, 0.15) is 6.61 Å². The standard InChI is InChI=1S/C12H15NO2/c1-12(9-15-11(14)13-12)8-7-10-5-3-2-4-6-10/h2-6H,7-9H2,1H3,(H,13,14). The SMILES string of the molecule is CC1(CCc2ccccc2)COC(=O)N1. The van der Waals surface area contributed by atoms with Crippen LogP contribution < -0.4 is 5.32 Å². The smallest absolute Gasteiger partial charge is 0.407 e. The predicted octanol–water partition coefficient (Wildman–Crippen LogP) is 2.12. The minimum Gasteiger partial charge on any atom is -0.447 e. The fraction of sp³-hybridized carbons (Fsp3) is 0.417. The molecule has 1 atom stereocenters. The van der Waals surface area contributed by atoms with Gasteiger partial charge in [-0.05, 0) is 25.3 Å². The van der Waals surface area contributed by atoms with E-state index in [1.54, 1.807) is 0 Å². The Labute approximate surface area is 89.4 Å². The Morgan fingerprint density at radius 2 is 2.13 bits per heavy atom. The van der Waals surface area contributed by atoms with E-state index in [9.17, 15) is 4.79 Å². The molecule has 1 fully saturated rings. The van der Waals surface area contributed by atoms with Crippen molar-refractivity contribution in [3.63, 3.8) is 0 Å². The molecular weight excluding hydrogens is 190 g/mol. The zero-order valence-corrected chi connectivity index (χ0v) is 8.82. The number of nitrogens with one attached hydrogen (secondary N) is 1. The molecule has 0 saturated carbocycles. The number of carbonyl (C=O) groups excluding carboxylic acids is 1. The third-order valence-corrected chi connectivity index (χ3v) is 2.73. The highest BCUT2D eigenvalue weighted by molar-refractivity contribution is 5.70. The number of hydrogen-bond acceptors (Lipinski definition) is 2. The van der Waals surface area contributed by atoms with Crippen LogP contribution in [0.4, 0.5) is 4.79 Å². The van der Waals surface area contributed by atoms with Crippen LogP contribution in [0.15, 0.2) is 30.3 Å². The lowest BCUT2D eigenvalue weighted by Crippen LogP contribution is -2.40. The molecular formula is C12H15NO2. The highest BCUT2D eigenvalue weighted by Gasteiger charge is 2.34. The molecule has 0 aromatic heterocycles. The van der Waals surface area contributed by atoms with Crippen molar-refractivity contribution in [2.24, 2.45) is 0 Å². The van der Waals surface area contributed by atoms with Crippen molar-refractivity contribution in [3.8, 4) is 0 Å². The molecule has 1 amide bonds. The van der Waals surface area contributed by atoms with Gasteiger partial charge in [-0.2, -0.15) is 0 Å². The Hall–Kier alpha value is -1.51. The summed E-state index contributed by atoms with van der Waals surface area (Å²) in [6, 6.07) is 10.3. The second-order valence-electron chi connectivity index (χ2n) is 4.25. The molecule has 3 nitrogen and oxygen atoms in total. The Bertz CT molecular complexity index is 350. The summed E-state index contributed by atoms with van der Waals surface area (Å²) < 4.78 is 4.91. The Balaban J connectivity index is 1.91. The molecule has 80 valence electrons. The molecule has 1 unspecified atom stereocenters. The maximum Gasteiger partial charge on any atom is 0.407 e. The minimum absolute atomic E-state index is 0.201. The fourth-order valence-electron chi connectivity index (χ4n) is 1.74. The second-order valence-corrected chi connectivity index (χ2v) is 4.25. The summed E-state index contributed by atoms with van der Waals surface area (Å²) in [4.78, 5) is 10.9. The van der Waals surface area contributed by atoms with Gasteiger partial charge < -0.3 is 10.1 Å². The number of rotatable bonds is 3. The normalized spacial score (nSPS) is 24.7. The molecule has 1 aliphatic heterocycles. The molecule has 0 bridgehead atoms. The van der Waals surface area contributed by atoms with E-state index in [0.717, 1.165) is 12.8 Å². The third kappa shape index (κ3) is 2.49. The highest BCUT2D eigenvalue weighted by Crippen LogP contribution is 2.19. The minimum atomic E-state index is -0.300. The molecule has 1 saturated heterocycles. The van der Waals surface area contributed by atoms with Crippen LogP contribution in [0.3, 0.4) is 0 Å². The third-order valence-electron chi connectivity index (χ3n) is 2.73. The average molecular weight is 205 g/mol. The number of amides is 1. The molecule has 1 aliphatic rings. The fourth-order valence-corrected chi connectivity index (χ4v) is 1.74. The van der Waals surface area contributed by atoms with E-state index in [2.05, 4.69) is 17.4 Å². The van der Waals surface area contributed by atoms with Crippen molar-refractivity contribution < 1.29 is 9.53 Å². The maximum absolute atomic E-state index is 10.9. The second kappa shape index (κ2) is 3.93. The number of benzene rings is 1. The number of carbonyl (C=O) groups is 1. The van der Waals surface area contributed by atoms with Crippen molar-refractivity contribution >= 4 is 6.09 Å². The van der Waals surface area contributed by atoms with E-state index < -0.39 is 0 Å². The van der Waals surface area contributed by atoms with Crippen LogP contribution in [0.5, 0.6) is 0 Å². The van der Waals surface area contributed by atoms with E-state index in [-0.39, 0.29) is 11.6 Å². The molecule has 1 N–H and O–H groups in total. The zero-order chi connectivity index (χ0) is 10.7. The van der Waals surface area contributed by atoms with E-state index in [1.165, 1.54) is 5.56 Å². The van der Waals surface area contributed by atoms with Gasteiger partial charge in [-0.3, -0.25) is 0 Å². The first-order chi connectivity index (χ1) is 7.18. The van der Waals surface area contributed by atoms with Gasteiger partial charge in [-0.1, -0.05) is 30.3 Å². The van der Waals surface area contributed by atoms with Gasteiger partial charge in [0.25, 0.3) is 0 Å². The van der Waals surface area contributed by atoms with Gasteiger partial charge in [0.15, 0.2) is 0 Å². The van der Waals surface area contributed by atoms with Crippen LogP contribution in [-0.4, -0.2) is 18.2 Å². The molecule has 1 aromatic rings. The summed E-state index contributed by atoms with van der Waals surface area (Å²) in [5.41, 5.74) is 1.09.